The topological polar surface area (TPSA) is 21.3 Å². The molecule has 0 heterocycles. The Balaban J connectivity index is 1.91. The highest BCUT2D eigenvalue weighted by atomic mass is 19.1. The van der Waals surface area contributed by atoms with Gasteiger partial charge in [-0.15, -0.1) is 0 Å². The van der Waals surface area contributed by atoms with Crippen molar-refractivity contribution in [3.63, 3.8) is 0 Å². The van der Waals surface area contributed by atoms with Crippen LogP contribution in [0.15, 0.2) is 48.5 Å². The zero-order valence-corrected chi connectivity index (χ0v) is 12.6. The highest BCUT2D eigenvalue weighted by molar-refractivity contribution is 5.36. The van der Waals surface area contributed by atoms with Crippen molar-refractivity contribution in [2.75, 3.05) is 13.7 Å². The second-order valence-corrected chi connectivity index (χ2v) is 5.13. The Morgan fingerprint density at radius 2 is 1.90 bits per heavy atom. The number of benzene rings is 2. The van der Waals surface area contributed by atoms with E-state index >= 15 is 0 Å². The zero-order valence-electron chi connectivity index (χ0n) is 12.6. The molecule has 0 saturated carbocycles. The fourth-order valence-corrected chi connectivity index (χ4v) is 2.25. The molecule has 0 aliphatic carbocycles. The summed E-state index contributed by atoms with van der Waals surface area (Å²) in [6.07, 6.45) is 1.92. The third-order valence-electron chi connectivity index (χ3n) is 3.58. The number of nitrogens with one attached hydrogen (secondary N) is 1. The summed E-state index contributed by atoms with van der Waals surface area (Å²) >= 11 is 0. The Hall–Kier alpha value is -1.87. The molecule has 3 heteroatoms. The Bertz CT molecular complexity index is 556. The molecule has 1 atom stereocenters. The first-order valence-electron chi connectivity index (χ1n) is 7.34. The van der Waals surface area contributed by atoms with Gasteiger partial charge in [-0.05, 0) is 50.6 Å². The maximum absolute atomic E-state index is 13.4. The number of hydrogen-bond donors (Lipinski definition) is 1. The highest BCUT2D eigenvalue weighted by Gasteiger charge is 2.11. The van der Waals surface area contributed by atoms with Crippen LogP contribution in [0.5, 0.6) is 5.75 Å². The van der Waals surface area contributed by atoms with Crippen molar-refractivity contribution in [3.8, 4) is 5.75 Å². The molecule has 2 rings (SSSR count). The summed E-state index contributed by atoms with van der Waals surface area (Å²) < 4.78 is 19.2. The fourth-order valence-electron chi connectivity index (χ4n) is 2.25. The quantitative estimate of drug-likeness (QED) is 0.774. The zero-order chi connectivity index (χ0) is 15.1. The fraction of sp³-hybridized carbons (Fsp3) is 0.333. The first-order valence-corrected chi connectivity index (χ1v) is 7.34. The first-order chi connectivity index (χ1) is 10.2. The lowest BCUT2D eigenvalue weighted by molar-refractivity contribution is 0.304. The van der Waals surface area contributed by atoms with Gasteiger partial charge >= 0.3 is 0 Å². The summed E-state index contributed by atoms with van der Waals surface area (Å²) in [5.41, 5.74) is 2.17. The maximum atomic E-state index is 13.4. The van der Waals surface area contributed by atoms with Crippen LogP contribution in [0.4, 0.5) is 4.39 Å². The number of ether oxygens (including phenoxy) is 1. The molecule has 2 aromatic carbocycles. The van der Waals surface area contributed by atoms with Crippen LogP contribution in [-0.4, -0.2) is 13.7 Å². The maximum Gasteiger partial charge on any atom is 0.124 e. The van der Waals surface area contributed by atoms with E-state index in [1.807, 2.05) is 32.2 Å². The van der Waals surface area contributed by atoms with Crippen molar-refractivity contribution < 1.29 is 9.13 Å². The van der Waals surface area contributed by atoms with Crippen LogP contribution in [0.3, 0.4) is 0 Å². The molecule has 0 aliphatic heterocycles. The van der Waals surface area contributed by atoms with E-state index in [0.717, 1.165) is 24.2 Å². The monoisotopic (exact) mass is 287 g/mol. The van der Waals surface area contributed by atoms with Gasteiger partial charge < -0.3 is 10.1 Å². The molecule has 0 amide bonds. The van der Waals surface area contributed by atoms with E-state index in [-0.39, 0.29) is 11.9 Å². The van der Waals surface area contributed by atoms with Gasteiger partial charge in [0, 0.05) is 11.6 Å². The summed E-state index contributed by atoms with van der Waals surface area (Å²) in [5.74, 6) is 0.523. The van der Waals surface area contributed by atoms with Crippen LogP contribution < -0.4 is 10.1 Å². The summed E-state index contributed by atoms with van der Waals surface area (Å²) in [6.45, 7) is 2.62. The molecule has 112 valence electrons. The summed E-state index contributed by atoms with van der Waals surface area (Å²) in [5, 5.41) is 3.12. The predicted octanol–water partition coefficient (Wildman–Crippen LogP) is 4.12. The summed E-state index contributed by atoms with van der Waals surface area (Å²) in [6, 6.07) is 15.1. The third kappa shape index (κ3) is 4.57. The molecular formula is C18H22FNO. The molecule has 0 spiro atoms. The molecule has 21 heavy (non-hydrogen) atoms. The van der Waals surface area contributed by atoms with Gasteiger partial charge in [0.15, 0.2) is 0 Å². The van der Waals surface area contributed by atoms with E-state index in [2.05, 4.69) is 17.4 Å². The predicted molar refractivity (Wildman–Crippen MR) is 84.1 cm³/mol. The molecule has 2 nitrogen and oxygen atoms in total. The molecule has 2 aromatic rings. The van der Waals surface area contributed by atoms with Crippen LogP contribution in [0.2, 0.25) is 0 Å². The molecular weight excluding hydrogens is 265 g/mol. The van der Waals surface area contributed by atoms with Gasteiger partial charge in [0.25, 0.3) is 0 Å². The Morgan fingerprint density at radius 3 is 2.62 bits per heavy atom. The average molecular weight is 287 g/mol. The van der Waals surface area contributed by atoms with E-state index < -0.39 is 0 Å². The van der Waals surface area contributed by atoms with Gasteiger partial charge in [-0.3, -0.25) is 0 Å². The minimum atomic E-state index is -0.233. The van der Waals surface area contributed by atoms with Crippen molar-refractivity contribution in [2.24, 2.45) is 0 Å². The normalized spacial score (nSPS) is 12.1. The lowest BCUT2D eigenvalue weighted by atomic mass is 10.1. The number of rotatable bonds is 7. The van der Waals surface area contributed by atoms with Crippen molar-refractivity contribution >= 4 is 0 Å². The molecule has 0 aliphatic rings. The van der Waals surface area contributed by atoms with Crippen molar-refractivity contribution in [1.29, 1.82) is 0 Å². The molecule has 1 unspecified atom stereocenters. The smallest absolute Gasteiger partial charge is 0.124 e. The standard InChI is InChI=1S/C18H22FNO/c1-14(20-2)17-13-16(19)10-11-18(17)21-12-6-9-15-7-4-3-5-8-15/h3-5,7-8,10-11,13-14,20H,6,9,12H2,1-2H3. The number of hydrogen-bond acceptors (Lipinski definition) is 2. The molecule has 0 aromatic heterocycles. The van der Waals surface area contributed by atoms with Crippen LogP contribution in [0, 0.1) is 5.82 Å². The second-order valence-electron chi connectivity index (χ2n) is 5.13. The molecule has 1 N–H and O–H groups in total. The Morgan fingerprint density at radius 1 is 1.14 bits per heavy atom. The molecule has 0 bridgehead atoms. The number of aryl methyl sites for hydroxylation is 1. The highest BCUT2D eigenvalue weighted by Crippen LogP contribution is 2.26. The Kier molecular flexibility index (Phi) is 5.76. The third-order valence-corrected chi connectivity index (χ3v) is 3.58. The van der Waals surface area contributed by atoms with E-state index in [9.17, 15) is 4.39 Å². The summed E-state index contributed by atoms with van der Waals surface area (Å²) in [7, 11) is 1.86. The van der Waals surface area contributed by atoms with Crippen LogP contribution in [-0.2, 0) is 6.42 Å². The SMILES string of the molecule is CNC(C)c1cc(F)ccc1OCCCc1ccccc1. The Labute approximate surface area is 126 Å². The lowest BCUT2D eigenvalue weighted by Crippen LogP contribution is -2.14. The average Bonchev–Trinajstić information content (AvgIpc) is 2.53. The van der Waals surface area contributed by atoms with Gasteiger partial charge in [0.05, 0.1) is 6.61 Å². The number of halogens is 1. The lowest BCUT2D eigenvalue weighted by Gasteiger charge is -2.16. The van der Waals surface area contributed by atoms with Crippen LogP contribution in [0.25, 0.3) is 0 Å². The van der Waals surface area contributed by atoms with Gasteiger partial charge in [0.2, 0.25) is 0 Å². The van der Waals surface area contributed by atoms with Crippen molar-refractivity contribution in [1.82, 2.24) is 5.32 Å². The van der Waals surface area contributed by atoms with Gasteiger partial charge in [0.1, 0.15) is 11.6 Å². The van der Waals surface area contributed by atoms with E-state index in [4.69, 9.17) is 4.74 Å². The largest absolute Gasteiger partial charge is 0.493 e. The van der Waals surface area contributed by atoms with Crippen LogP contribution in [0.1, 0.15) is 30.5 Å². The molecule has 0 saturated heterocycles. The van der Waals surface area contributed by atoms with Gasteiger partial charge in [-0.25, -0.2) is 4.39 Å². The second kappa shape index (κ2) is 7.79. The van der Waals surface area contributed by atoms with Crippen molar-refractivity contribution in [2.45, 2.75) is 25.8 Å². The summed E-state index contributed by atoms with van der Waals surface area (Å²) in [4.78, 5) is 0. The van der Waals surface area contributed by atoms with E-state index in [1.165, 1.54) is 17.7 Å². The van der Waals surface area contributed by atoms with Gasteiger partial charge in [-0.1, -0.05) is 30.3 Å². The molecule has 0 radical (unpaired) electrons. The minimum Gasteiger partial charge on any atom is -0.493 e. The van der Waals surface area contributed by atoms with Gasteiger partial charge in [-0.2, -0.15) is 0 Å². The van der Waals surface area contributed by atoms with E-state index in [1.54, 1.807) is 6.07 Å². The minimum absolute atomic E-state index is 0.0600. The van der Waals surface area contributed by atoms with E-state index in [0.29, 0.717) is 6.61 Å². The first kappa shape index (κ1) is 15.5. The molecule has 0 fully saturated rings. The van der Waals surface area contributed by atoms with Crippen molar-refractivity contribution in [3.05, 3.63) is 65.5 Å². The van der Waals surface area contributed by atoms with Crippen LogP contribution >= 0.6 is 0 Å².